The van der Waals surface area contributed by atoms with Crippen LogP contribution in [-0.2, 0) is 9.53 Å². The van der Waals surface area contributed by atoms with Crippen LogP contribution in [0.2, 0.25) is 0 Å². The highest BCUT2D eigenvalue weighted by Gasteiger charge is 2.30. The Balaban J connectivity index is 2.53. The van der Waals surface area contributed by atoms with Crippen LogP contribution in [0, 0.1) is 0 Å². The summed E-state index contributed by atoms with van der Waals surface area (Å²) in [5.74, 6) is -0.911. The van der Waals surface area contributed by atoms with Crippen LogP contribution in [-0.4, -0.2) is 79.9 Å². The summed E-state index contributed by atoms with van der Waals surface area (Å²) < 4.78 is 5.26. The molecule has 19 heavy (non-hydrogen) atoms. The third-order valence-corrected chi connectivity index (χ3v) is 3.13. The molecule has 0 bridgehead atoms. The standard InChI is InChI=1S/C12H23N3O4/c1-13-4-3-5-14(2)12(18)15-6-7-19-9-10(15)8-11(16)17/h10,13H,3-9H2,1-2H3,(H,16,17). The van der Waals surface area contributed by atoms with E-state index in [1.165, 1.54) is 0 Å². The Morgan fingerprint density at radius 1 is 1.53 bits per heavy atom. The van der Waals surface area contributed by atoms with Crippen molar-refractivity contribution in [1.82, 2.24) is 15.1 Å². The number of nitrogens with one attached hydrogen (secondary N) is 1. The summed E-state index contributed by atoms with van der Waals surface area (Å²) in [4.78, 5) is 26.3. The fourth-order valence-electron chi connectivity index (χ4n) is 2.09. The SMILES string of the molecule is CNCCCN(C)C(=O)N1CCOCC1CC(=O)O. The fourth-order valence-corrected chi connectivity index (χ4v) is 2.09. The second-order valence-corrected chi connectivity index (χ2v) is 4.68. The molecular formula is C12H23N3O4. The van der Waals surface area contributed by atoms with Crippen LogP contribution in [0.25, 0.3) is 0 Å². The monoisotopic (exact) mass is 273 g/mol. The number of rotatable bonds is 6. The Hall–Kier alpha value is -1.34. The molecule has 0 aromatic heterocycles. The molecule has 1 atom stereocenters. The zero-order chi connectivity index (χ0) is 14.3. The van der Waals surface area contributed by atoms with E-state index in [2.05, 4.69) is 5.32 Å². The predicted octanol–water partition coefficient (Wildman–Crippen LogP) is -0.177. The van der Waals surface area contributed by atoms with E-state index < -0.39 is 5.97 Å². The van der Waals surface area contributed by atoms with Crippen LogP contribution >= 0.6 is 0 Å². The van der Waals surface area contributed by atoms with Crippen molar-refractivity contribution in [3.63, 3.8) is 0 Å². The van der Waals surface area contributed by atoms with E-state index >= 15 is 0 Å². The van der Waals surface area contributed by atoms with E-state index in [1.807, 2.05) is 7.05 Å². The van der Waals surface area contributed by atoms with Crippen LogP contribution in [0.15, 0.2) is 0 Å². The number of carboxylic acids is 1. The van der Waals surface area contributed by atoms with Crippen LogP contribution in [0.1, 0.15) is 12.8 Å². The molecule has 1 rings (SSSR count). The molecule has 1 aliphatic rings. The summed E-state index contributed by atoms with van der Waals surface area (Å²) in [6.45, 7) is 2.71. The van der Waals surface area contributed by atoms with Crippen LogP contribution < -0.4 is 5.32 Å². The van der Waals surface area contributed by atoms with Crippen LogP contribution in [0.5, 0.6) is 0 Å². The molecule has 1 unspecified atom stereocenters. The molecule has 1 fully saturated rings. The zero-order valence-corrected chi connectivity index (χ0v) is 11.6. The largest absolute Gasteiger partial charge is 0.481 e. The van der Waals surface area contributed by atoms with Crippen molar-refractivity contribution in [2.45, 2.75) is 18.9 Å². The first-order valence-electron chi connectivity index (χ1n) is 6.52. The van der Waals surface area contributed by atoms with E-state index in [0.29, 0.717) is 26.3 Å². The highest BCUT2D eigenvalue weighted by Crippen LogP contribution is 2.13. The van der Waals surface area contributed by atoms with Gasteiger partial charge in [0.2, 0.25) is 0 Å². The number of carboxylic acid groups (broad SMARTS) is 1. The molecule has 0 saturated carbocycles. The van der Waals surface area contributed by atoms with E-state index in [4.69, 9.17) is 9.84 Å². The summed E-state index contributed by atoms with van der Waals surface area (Å²) in [6, 6.07) is -0.490. The van der Waals surface area contributed by atoms with Crippen molar-refractivity contribution in [2.24, 2.45) is 0 Å². The molecule has 110 valence electrons. The van der Waals surface area contributed by atoms with Gasteiger partial charge in [-0.05, 0) is 20.0 Å². The molecule has 1 heterocycles. The number of carbonyl (C=O) groups excluding carboxylic acids is 1. The summed E-state index contributed by atoms with van der Waals surface area (Å²) >= 11 is 0. The topological polar surface area (TPSA) is 82.1 Å². The lowest BCUT2D eigenvalue weighted by atomic mass is 10.1. The van der Waals surface area contributed by atoms with Gasteiger partial charge in [0.25, 0.3) is 0 Å². The summed E-state index contributed by atoms with van der Waals surface area (Å²) in [5, 5.41) is 11.9. The molecule has 0 aromatic rings. The highest BCUT2D eigenvalue weighted by molar-refractivity contribution is 5.76. The Bertz CT molecular complexity index is 311. The first-order valence-corrected chi connectivity index (χ1v) is 6.52. The Labute approximate surface area is 113 Å². The first-order chi connectivity index (χ1) is 9.06. The number of nitrogens with zero attached hydrogens (tertiary/aromatic N) is 2. The Morgan fingerprint density at radius 2 is 2.26 bits per heavy atom. The molecule has 1 aliphatic heterocycles. The molecule has 0 spiro atoms. The number of aliphatic carboxylic acids is 1. The summed E-state index contributed by atoms with van der Waals surface area (Å²) in [5.41, 5.74) is 0. The lowest BCUT2D eigenvalue weighted by Crippen LogP contribution is -2.53. The van der Waals surface area contributed by atoms with E-state index in [9.17, 15) is 9.59 Å². The van der Waals surface area contributed by atoms with Gasteiger partial charge < -0.3 is 25.0 Å². The molecule has 0 aliphatic carbocycles. The summed E-state index contributed by atoms with van der Waals surface area (Å²) in [6.07, 6.45) is 0.794. The van der Waals surface area contributed by atoms with Gasteiger partial charge in [0.15, 0.2) is 0 Å². The minimum absolute atomic E-state index is 0.0733. The molecule has 0 radical (unpaired) electrons. The number of morpholine rings is 1. The third kappa shape index (κ3) is 5.04. The number of hydrogen-bond acceptors (Lipinski definition) is 4. The van der Waals surface area contributed by atoms with Gasteiger partial charge in [-0.15, -0.1) is 0 Å². The molecule has 2 N–H and O–H groups in total. The van der Waals surface area contributed by atoms with Crippen LogP contribution in [0.3, 0.4) is 0 Å². The molecule has 7 heteroatoms. The molecule has 1 saturated heterocycles. The van der Waals surface area contributed by atoms with Gasteiger partial charge in [-0.3, -0.25) is 4.79 Å². The third-order valence-electron chi connectivity index (χ3n) is 3.13. The normalized spacial score (nSPS) is 19.3. The predicted molar refractivity (Wildman–Crippen MR) is 70.1 cm³/mol. The van der Waals surface area contributed by atoms with Crippen molar-refractivity contribution in [3.05, 3.63) is 0 Å². The number of amides is 2. The second kappa shape index (κ2) is 7.96. The molecule has 7 nitrogen and oxygen atoms in total. The second-order valence-electron chi connectivity index (χ2n) is 4.68. The Morgan fingerprint density at radius 3 is 2.89 bits per heavy atom. The van der Waals surface area contributed by atoms with Crippen molar-refractivity contribution in [3.8, 4) is 0 Å². The van der Waals surface area contributed by atoms with Gasteiger partial charge >= 0.3 is 12.0 Å². The zero-order valence-electron chi connectivity index (χ0n) is 11.6. The number of hydrogen-bond donors (Lipinski definition) is 2. The van der Waals surface area contributed by atoms with Gasteiger partial charge in [0.05, 0.1) is 25.7 Å². The van der Waals surface area contributed by atoms with Crippen LogP contribution in [0.4, 0.5) is 4.79 Å². The number of carbonyl (C=O) groups is 2. The number of ether oxygens (including phenoxy) is 1. The van der Waals surface area contributed by atoms with Crippen molar-refractivity contribution in [1.29, 1.82) is 0 Å². The van der Waals surface area contributed by atoms with Crippen molar-refractivity contribution < 1.29 is 19.4 Å². The highest BCUT2D eigenvalue weighted by atomic mass is 16.5. The number of urea groups is 1. The van der Waals surface area contributed by atoms with Gasteiger partial charge in [0, 0.05) is 20.1 Å². The average Bonchev–Trinajstić information content (AvgIpc) is 2.38. The molecular weight excluding hydrogens is 250 g/mol. The van der Waals surface area contributed by atoms with Gasteiger partial charge in [-0.1, -0.05) is 0 Å². The lowest BCUT2D eigenvalue weighted by molar-refractivity contribution is -0.139. The van der Waals surface area contributed by atoms with Gasteiger partial charge in [-0.25, -0.2) is 4.79 Å². The van der Waals surface area contributed by atoms with E-state index in [1.54, 1.807) is 16.8 Å². The smallest absolute Gasteiger partial charge is 0.320 e. The fraction of sp³-hybridized carbons (Fsp3) is 0.833. The maximum Gasteiger partial charge on any atom is 0.320 e. The maximum atomic E-state index is 12.3. The lowest BCUT2D eigenvalue weighted by Gasteiger charge is -2.37. The maximum absolute atomic E-state index is 12.3. The minimum atomic E-state index is -0.911. The van der Waals surface area contributed by atoms with Crippen molar-refractivity contribution >= 4 is 12.0 Å². The van der Waals surface area contributed by atoms with E-state index in [0.717, 1.165) is 13.0 Å². The Kier molecular flexibility index (Phi) is 6.58. The van der Waals surface area contributed by atoms with Crippen molar-refractivity contribution in [2.75, 3.05) is 46.9 Å². The average molecular weight is 273 g/mol. The van der Waals surface area contributed by atoms with Gasteiger partial charge in [0.1, 0.15) is 0 Å². The quantitative estimate of drug-likeness (QED) is 0.656. The molecule has 0 aromatic carbocycles. The molecule has 2 amide bonds. The van der Waals surface area contributed by atoms with E-state index in [-0.39, 0.29) is 18.5 Å². The summed E-state index contributed by atoms with van der Waals surface area (Å²) in [7, 11) is 3.61. The minimum Gasteiger partial charge on any atom is -0.481 e. The first kappa shape index (κ1) is 15.7. The van der Waals surface area contributed by atoms with Gasteiger partial charge in [-0.2, -0.15) is 0 Å².